The van der Waals surface area contributed by atoms with Gasteiger partial charge in [-0.25, -0.2) is 0 Å². The highest BCUT2D eigenvalue weighted by molar-refractivity contribution is 5.18. The molecule has 0 radical (unpaired) electrons. The quantitative estimate of drug-likeness (QED) is 0.449. The van der Waals surface area contributed by atoms with Crippen LogP contribution < -0.4 is 0 Å². The molecule has 10 heavy (non-hydrogen) atoms. The Bertz CT molecular complexity index is 186. The minimum atomic E-state index is 0.675. The molecular weight excluding hydrogens is 120 g/mol. The summed E-state index contributed by atoms with van der Waals surface area (Å²) < 4.78 is 0. The Balaban J connectivity index is 2.13. The fourth-order valence-electron chi connectivity index (χ4n) is 2.49. The van der Waals surface area contributed by atoms with Crippen LogP contribution in [0.2, 0.25) is 0 Å². The predicted molar refractivity (Wildman–Crippen MR) is 43.8 cm³/mol. The van der Waals surface area contributed by atoms with Crippen LogP contribution in [0.15, 0.2) is 11.6 Å². The van der Waals surface area contributed by atoms with Crippen LogP contribution in [0.5, 0.6) is 0 Å². The molecule has 0 heterocycles. The van der Waals surface area contributed by atoms with Crippen molar-refractivity contribution in [3.8, 4) is 0 Å². The second-order valence-electron chi connectivity index (χ2n) is 4.52. The van der Waals surface area contributed by atoms with E-state index in [-0.39, 0.29) is 0 Å². The Labute approximate surface area is 63.3 Å². The molecule has 0 aliphatic heterocycles. The van der Waals surface area contributed by atoms with Crippen molar-refractivity contribution in [2.75, 3.05) is 0 Å². The summed E-state index contributed by atoms with van der Waals surface area (Å²) in [5.41, 5.74) is 2.29. The van der Waals surface area contributed by atoms with Gasteiger partial charge in [0.1, 0.15) is 0 Å². The molecule has 0 nitrogen and oxygen atoms in total. The van der Waals surface area contributed by atoms with E-state index >= 15 is 0 Å². The highest BCUT2D eigenvalue weighted by Crippen LogP contribution is 2.64. The Morgan fingerprint density at radius 2 is 2.10 bits per heavy atom. The van der Waals surface area contributed by atoms with Gasteiger partial charge in [-0.15, -0.1) is 0 Å². The lowest BCUT2D eigenvalue weighted by Gasteiger charge is -2.05. The fraction of sp³-hybridized carbons (Fsp3) is 0.800. The summed E-state index contributed by atoms with van der Waals surface area (Å²) in [4.78, 5) is 0. The van der Waals surface area contributed by atoms with E-state index in [1.54, 1.807) is 5.57 Å². The number of fused-ring (bicyclic) bond motifs is 1. The standard InChI is InChI=1S/C10H16/c1-7-4-5-8-9(6-7)10(8,2)3/h4,8-9H,5-6H2,1-3H3/t8?,9-/m1/s1. The second kappa shape index (κ2) is 1.66. The van der Waals surface area contributed by atoms with E-state index in [1.165, 1.54) is 12.8 Å². The van der Waals surface area contributed by atoms with E-state index in [0.717, 1.165) is 11.8 Å². The fourth-order valence-corrected chi connectivity index (χ4v) is 2.49. The Morgan fingerprint density at radius 1 is 1.40 bits per heavy atom. The zero-order valence-corrected chi connectivity index (χ0v) is 7.15. The lowest BCUT2D eigenvalue weighted by atomic mass is 10.0. The van der Waals surface area contributed by atoms with E-state index < -0.39 is 0 Å². The van der Waals surface area contributed by atoms with Crippen LogP contribution in [-0.2, 0) is 0 Å². The Morgan fingerprint density at radius 3 is 2.60 bits per heavy atom. The maximum atomic E-state index is 2.43. The summed E-state index contributed by atoms with van der Waals surface area (Å²) >= 11 is 0. The van der Waals surface area contributed by atoms with Crippen molar-refractivity contribution in [1.82, 2.24) is 0 Å². The molecule has 2 aliphatic rings. The maximum Gasteiger partial charge on any atom is -0.0286 e. The summed E-state index contributed by atoms with van der Waals surface area (Å²) in [7, 11) is 0. The van der Waals surface area contributed by atoms with Crippen molar-refractivity contribution < 1.29 is 0 Å². The molecule has 0 aromatic rings. The third-order valence-electron chi connectivity index (χ3n) is 3.55. The molecule has 1 unspecified atom stereocenters. The van der Waals surface area contributed by atoms with Gasteiger partial charge in [-0.1, -0.05) is 25.5 Å². The molecule has 0 saturated heterocycles. The van der Waals surface area contributed by atoms with Gasteiger partial charge in [0.15, 0.2) is 0 Å². The molecule has 2 aliphatic carbocycles. The lowest BCUT2D eigenvalue weighted by molar-refractivity contribution is 0.542. The summed E-state index contributed by atoms with van der Waals surface area (Å²) in [6.07, 6.45) is 5.15. The maximum absolute atomic E-state index is 2.43. The van der Waals surface area contributed by atoms with Crippen LogP contribution in [0.25, 0.3) is 0 Å². The van der Waals surface area contributed by atoms with Gasteiger partial charge in [0, 0.05) is 0 Å². The van der Waals surface area contributed by atoms with Crippen molar-refractivity contribution >= 4 is 0 Å². The van der Waals surface area contributed by atoms with Gasteiger partial charge in [-0.3, -0.25) is 0 Å². The van der Waals surface area contributed by atoms with Crippen LogP contribution in [0.1, 0.15) is 33.6 Å². The summed E-state index contributed by atoms with van der Waals surface area (Å²) in [5.74, 6) is 2.05. The minimum absolute atomic E-state index is 0.675. The topological polar surface area (TPSA) is 0 Å². The van der Waals surface area contributed by atoms with Crippen molar-refractivity contribution in [2.24, 2.45) is 17.3 Å². The first kappa shape index (κ1) is 6.45. The SMILES string of the molecule is CC1=CCC2[C@@H](C1)C2(C)C. The molecule has 0 N–H and O–H groups in total. The number of hydrogen-bond acceptors (Lipinski definition) is 0. The third kappa shape index (κ3) is 0.680. The van der Waals surface area contributed by atoms with Crippen LogP contribution in [-0.4, -0.2) is 0 Å². The first-order valence-corrected chi connectivity index (χ1v) is 4.28. The van der Waals surface area contributed by atoms with Gasteiger partial charge in [-0.2, -0.15) is 0 Å². The van der Waals surface area contributed by atoms with Gasteiger partial charge in [0.05, 0.1) is 0 Å². The van der Waals surface area contributed by atoms with Gasteiger partial charge in [0.2, 0.25) is 0 Å². The van der Waals surface area contributed by atoms with E-state index in [1.807, 2.05) is 0 Å². The molecule has 1 fully saturated rings. The van der Waals surface area contributed by atoms with E-state index in [2.05, 4.69) is 26.8 Å². The molecule has 0 aromatic heterocycles. The summed E-state index contributed by atoms with van der Waals surface area (Å²) in [6, 6.07) is 0. The molecular formula is C10H16. The van der Waals surface area contributed by atoms with E-state index in [4.69, 9.17) is 0 Å². The minimum Gasteiger partial charge on any atom is -0.0853 e. The van der Waals surface area contributed by atoms with Gasteiger partial charge >= 0.3 is 0 Å². The largest absolute Gasteiger partial charge is 0.0853 e. The average molecular weight is 136 g/mol. The monoisotopic (exact) mass is 136 g/mol. The normalized spacial score (nSPS) is 42.1. The average Bonchev–Trinajstić information content (AvgIpc) is 2.36. The molecule has 0 aromatic carbocycles. The number of rotatable bonds is 0. The molecule has 0 spiro atoms. The van der Waals surface area contributed by atoms with E-state index in [9.17, 15) is 0 Å². The van der Waals surface area contributed by atoms with Crippen molar-refractivity contribution in [2.45, 2.75) is 33.6 Å². The summed E-state index contributed by atoms with van der Waals surface area (Å²) in [6.45, 7) is 7.09. The van der Waals surface area contributed by atoms with Gasteiger partial charge in [0.25, 0.3) is 0 Å². The van der Waals surface area contributed by atoms with Crippen LogP contribution in [0.3, 0.4) is 0 Å². The molecule has 56 valence electrons. The van der Waals surface area contributed by atoms with Crippen LogP contribution in [0, 0.1) is 17.3 Å². The molecule has 2 atom stereocenters. The Hall–Kier alpha value is -0.260. The second-order valence-corrected chi connectivity index (χ2v) is 4.52. The van der Waals surface area contributed by atoms with Gasteiger partial charge in [-0.05, 0) is 37.0 Å². The molecule has 1 saturated carbocycles. The van der Waals surface area contributed by atoms with Crippen LogP contribution >= 0.6 is 0 Å². The van der Waals surface area contributed by atoms with E-state index in [0.29, 0.717) is 5.41 Å². The van der Waals surface area contributed by atoms with Crippen molar-refractivity contribution in [3.63, 3.8) is 0 Å². The number of allylic oxidation sites excluding steroid dienone is 2. The smallest absolute Gasteiger partial charge is 0.0286 e. The zero-order chi connectivity index (χ0) is 7.35. The summed E-state index contributed by atoms with van der Waals surface area (Å²) in [5, 5.41) is 0. The highest BCUT2D eigenvalue weighted by Gasteiger charge is 2.57. The van der Waals surface area contributed by atoms with Crippen molar-refractivity contribution in [1.29, 1.82) is 0 Å². The molecule has 0 amide bonds. The van der Waals surface area contributed by atoms with Gasteiger partial charge < -0.3 is 0 Å². The molecule has 0 bridgehead atoms. The third-order valence-corrected chi connectivity index (χ3v) is 3.55. The van der Waals surface area contributed by atoms with Crippen molar-refractivity contribution in [3.05, 3.63) is 11.6 Å². The predicted octanol–water partition coefficient (Wildman–Crippen LogP) is 3.00. The molecule has 0 heteroatoms. The number of hydrogen-bond donors (Lipinski definition) is 0. The van der Waals surface area contributed by atoms with Crippen LogP contribution in [0.4, 0.5) is 0 Å². The highest BCUT2D eigenvalue weighted by atomic mass is 14.6. The molecule has 2 rings (SSSR count). The lowest BCUT2D eigenvalue weighted by Crippen LogP contribution is -1.90. The zero-order valence-electron chi connectivity index (χ0n) is 7.15. The first-order valence-electron chi connectivity index (χ1n) is 4.28. The first-order chi connectivity index (χ1) is 4.62. The Kier molecular flexibility index (Phi) is 1.07.